The van der Waals surface area contributed by atoms with Crippen molar-refractivity contribution in [3.8, 4) is 0 Å². The summed E-state index contributed by atoms with van der Waals surface area (Å²) in [4.78, 5) is 5.15. The first-order valence-corrected chi connectivity index (χ1v) is 10.3. The van der Waals surface area contributed by atoms with Gasteiger partial charge in [0.25, 0.3) is 10.0 Å². The Morgan fingerprint density at radius 1 is 1.24 bits per heavy atom. The van der Waals surface area contributed by atoms with E-state index in [9.17, 15) is 8.42 Å². The van der Waals surface area contributed by atoms with Gasteiger partial charge in [-0.3, -0.25) is 4.99 Å². The Morgan fingerprint density at radius 2 is 1.88 bits per heavy atom. The van der Waals surface area contributed by atoms with Crippen molar-refractivity contribution in [1.82, 2.24) is 14.9 Å². The van der Waals surface area contributed by atoms with Crippen LogP contribution in [0.1, 0.15) is 18.7 Å². The van der Waals surface area contributed by atoms with E-state index in [0.29, 0.717) is 43.0 Å². The number of nitrogens with zero attached hydrogens (tertiary/aromatic N) is 2. The molecule has 1 aromatic heterocycles. The summed E-state index contributed by atoms with van der Waals surface area (Å²) in [7, 11) is 0.00180. The smallest absolute Gasteiger partial charge is 0.252 e. The predicted molar refractivity (Wildman–Crippen MR) is 115 cm³/mol. The van der Waals surface area contributed by atoms with Crippen molar-refractivity contribution in [3.05, 3.63) is 17.0 Å². The molecule has 146 valence electrons. The molecule has 0 aromatic carbocycles. The van der Waals surface area contributed by atoms with Gasteiger partial charge in [0, 0.05) is 45.2 Å². The number of rotatable bonds is 10. The Bertz CT molecular complexity index is 616. The standard InChI is InChI=1S/C15H28N4O3S2.HI/c1-5-19(6-2)24(20,21)14-8-7-13(23-14)9-10-17-15(16-3)18-11-12-22-4;/h7-8H,5-6,9-12H2,1-4H3,(H2,16,17,18);1H. The Labute approximate surface area is 172 Å². The number of nitrogens with one attached hydrogen (secondary N) is 2. The maximum absolute atomic E-state index is 12.5. The number of guanidine groups is 1. The van der Waals surface area contributed by atoms with E-state index in [0.717, 1.165) is 11.3 Å². The summed E-state index contributed by atoms with van der Waals surface area (Å²) >= 11 is 1.33. The van der Waals surface area contributed by atoms with E-state index in [-0.39, 0.29) is 24.0 Å². The first-order valence-electron chi connectivity index (χ1n) is 8.01. The van der Waals surface area contributed by atoms with Crippen LogP contribution in [0.15, 0.2) is 21.3 Å². The molecule has 25 heavy (non-hydrogen) atoms. The van der Waals surface area contributed by atoms with Crippen LogP contribution in [-0.2, 0) is 21.2 Å². The summed E-state index contributed by atoms with van der Waals surface area (Å²) in [6.07, 6.45) is 0.739. The molecule has 1 aromatic rings. The minimum absolute atomic E-state index is 0. The van der Waals surface area contributed by atoms with Crippen LogP contribution in [-0.4, -0.2) is 65.6 Å². The van der Waals surface area contributed by atoms with E-state index in [2.05, 4.69) is 15.6 Å². The number of hydrogen-bond acceptors (Lipinski definition) is 5. The van der Waals surface area contributed by atoms with Crippen LogP contribution in [0, 0.1) is 0 Å². The molecule has 0 amide bonds. The molecule has 1 heterocycles. The molecule has 10 heteroatoms. The molecule has 0 saturated heterocycles. The summed E-state index contributed by atoms with van der Waals surface area (Å²) in [5.74, 6) is 0.708. The third-order valence-electron chi connectivity index (χ3n) is 3.42. The van der Waals surface area contributed by atoms with Crippen molar-refractivity contribution in [2.75, 3.05) is 46.9 Å². The fourth-order valence-electron chi connectivity index (χ4n) is 2.12. The van der Waals surface area contributed by atoms with Gasteiger partial charge in [0.15, 0.2) is 5.96 Å². The monoisotopic (exact) mass is 504 g/mol. The molecule has 0 aliphatic carbocycles. The van der Waals surface area contributed by atoms with Gasteiger partial charge in [-0.2, -0.15) is 4.31 Å². The molecule has 0 saturated carbocycles. The van der Waals surface area contributed by atoms with E-state index in [1.807, 2.05) is 19.9 Å². The number of sulfonamides is 1. The lowest BCUT2D eigenvalue weighted by atomic mass is 10.3. The van der Waals surface area contributed by atoms with Crippen molar-refractivity contribution < 1.29 is 13.2 Å². The molecule has 0 spiro atoms. The molecule has 0 fully saturated rings. The summed E-state index contributed by atoms with van der Waals surface area (Å²) in [5, 5.41) is 6.33. The molecule has 2 N–H and O–H groups in total. The third-order valence-corrected chi connectivity index (χ3v) is 7.08. The number of ether oxygens (including phenoxy) is 1. The van der Waals surface area contributed by atoms with E-state index in [4.69, 9.17) is 4.74 Å². The SMILES string of the molecule is CCN(CC)S(=O)(=O)c1ccc(CCNC(=NC)NCCOC)s1.I. The highest BCUT2D eigenvalue weighted by atomic mass is 127. The van der Waals surface area contributed by atoms with Crippen LogP contribution >= 0.6 is 35.3 Å². The molecular formula is C15H29IN4O3S2. The van der Waals surface area contributed by atoms with Gasteiger partial charge in [0.2, 0.25) is 0 Å². The van der Waals surface area contributed by atoms with Crippen molar-refractivity contribution in [2.45, 2.75) is 24.5 Å². The number of halogens is 1. The zero-order valence-corrected chi connectivity index (χ0v) is 19.2. The molecule has 0 bridgehead atoms. The zero-order valence-electron chi connectivity index (χ0n) is 15.2. The van der Waals surface area contributed by atoms with Crippen LogP contribution in [0.2, 0.25) is 0 Å². The Morgan fingerprint density at radius 3 is 2.44 bits per heavy atom. The fraction of sp³-hybridized carbons (Fsp3) is 0.667. The van der Waals surface area contributed by atoms with E-state index < -0.39 is 10.0 Å². The van der Waals surface area contributed by atoms with Crippen molar-refractivity contribution in [1.29, 1.82) is 0 Å². The van der Waals surface area contributed by atoms with Crippen molar-refractivity contribution in [2.24, 2.45) is 4.99 Å². The largest absolute Gasteiger partial charge is 0.383 e. The van der Waals surface area contributed by atoms with Gasteiger partial charge in [-0.25, -0.2) is 8.42 Å². The predicted octanol–water partition coefficient (Wildman–Crippen LogP) is 1.75. The third kappa shape index (κ3) is 7.77. The average Bonchev–Trinajstić information content (AvgIpc) is 3.04. The first-order chi connectivity index (χ1) is 11.5. The molecular weight excluding hydrogens is 475 g/mol. The van der Waals surface area contributed by atoms with Crippen LogP contribution in [0.5, 0.6) is 0 Å². The van der Waals surface area contributed by atoms with Crippen LogP contribution in [0.4, 0.5) is 0 Å². The fourth-order valence-corrected chi connectivity index (χ4v) is 5.09. The number of methoxy groups -OCH3 is 1. The van der Waals surface area contributed by atoms with Crippen molar-refractivity contribution >= 4 is 51.3 Å². The molecule has 0 atom stereocenters. The van der Waals surface area contributed by atoms with E-state index in [1.54, 1.807) is 20.2 Å². The Kier molecular flexibility index (Phi) is 12.6. The maximum Gasteiger partial charge on any atom is 0.252 e. The number of aliphatic imine (C=N–C) groups is 1. The second-order valence-corrected chi connectivity index (χ2v) is 8.31. The van der Waals surface area contributed by atoms with Crippen LogP contribution in [0.3, 0.4) is 0 Å². The second kappa shape index (κ2) is 12.8. The highest BCUT2D eigenvalue weighted by Gasteiger charge is 2.23. The van der Waals surface area contributed by atoms with Crippen molar-refractivity contribution in [3.63, 3.8) is 0 Å². The minimum Gasteiger partial charge on any atom is -0.383 e. The molecule has 0 aliphatic heterocycles. The highest BCUT2D eigenvalue weighted by Crippen LogP contribution is 2.25. The quantitative estimate of drug-likeness (QED) is 0.220. The normalized spacial score (nSPS) is 12.1. The number of hydrogen-bond donors (Lipinski definition) is 2. The summed E-state index contributed by atoms with van der Waals surface area (Å²) in [6.45, 7) is 6.63. The molecule has 1 rings (SSSR count). The lowest BCUT2D eigenvalue weighted by Crippen LogP contribution is -2.39. The molecule has 0 radical (unpaired) electrons. The second-order valence-electron chi connectivity index (χ2n) is 4.98. The lowest BCUT2D eigenvalue weighted by Gasteiger charge is -2.16. The van der Waals surface area contributed by atoms with Gasteiger partial charge in [0.1, 0.15) is 4.21 Å². The summed E-state index contributed by atoms with van der Waals surface area (Å²) in [5.41, 5.74) is 0. The van der Waals surface area contributed by atoms with E-state index in [1.165, 1.54) is 15.6 Å². The summed E-state index contributed by atoms with van der Waals surface area (Å²) in [6, 6.07) is 3.57. The Hall–Kier alpha value is -0.430. The first kappa shape index (κ1) is 24.6. The maximum atomic E-state index is 12.5. The number of thiophene rings is 1. The van der Waals surface area contributed by atoms with Crippen LogP contribution < -0.4 is 10.6 Å². The molecule has 0 unspecified atom stereocenters. The Balaban J connectivity index is 0.00000576. The summed E-state index contributed by atoms with van der Waals surface area (Å²) < 4.78 is 31.8. The van der Waals surface area contributed by atoms with Crippen LogP contribution in [0.25, 0.3) is 0 Å². The zero-order chi connectivity index (χ0) is 18.0. The van der Waals surface area contributed by atoms with E-state index >= 15 is 0 Å². The average molecular weight is 504 g/mol. The van der Waals surface area contributed by atoms with Gasteiger partial charge in [-0.15, -0.1) is 35.3 Å². The van der Waals surface area contributed by atoms with Gasteiger partial charge < -0.3 is 15.4 Å². The molecule has 7 nitrogen and oxygen atoms in total. The van der Waals surface area contributed by atoms with Gasteiger partial charge >= 0.3 is 0 Å². The van der Waals surface area contributed by atoms with Gasteiger partial charge in [-0.05, 0) is 18.6 Å². The van der Waals surface area contributed by atoms with Gasteiger partial charge in [0.05, 0.1) is 6.61 Å². The molecule has 0 aliphatic rings. The lowest BCUT2D eigenvalue weighted by molar-refractivity contribution is 0.203. The highest BCUT2D eigenvalue weighted by molar-refractivity contribution is 14.0. The minimum atomic E-state index is -3.36. The topological polar surface area (TPSA) is 83.0 Å². The van der Waals surface area contributed by atoms with Gasteiger partial charge in [-0.1, -0.05) is 13.8 Å².